The van der Waals surface area contributed by atoms with Gasteiger partial charge in [-0.3, -0.25) is 9.98 Å². The van der Waals surface area contributed by atoms with Crippen molar-refractivity contribution in [1.82, 2.24) is 20.9 Å². The summed E-state index contributed by atoms with van der Waals surface area (Å²) in [5.74, 6) is 0.896. The Morgan fingerprint density at radius 2 is 2.00 bits per heavy atom. The van der Waals surface area contributed by atoms with Crippen molar-refractivity contribution in [3.8, 4) is 0 Å². The van der Waals surface area contributed by atoms with Crippen molar-refractivity contribution in [2.24, 2.45) is 20.9 Å². The number of aliphatic imine (C=N–C) groups is 3. The maximum Gasteiger partial charge on any atom is 0.136 e. The van der Waals surface area contributed by atoms with Gasteiger partial charge in [-0.05, 0) is 57.2 Å². The fraction of sp³-hybridized carbons (Fsp3) is 0.464. The number of allylic oxidation sites excluding steroid dienone is 3. The maximum absolute atomic E-state index is 12.8. The van der Waals surface area contributed by atoms with Crippen LogP contribution in [0, 0.1) is 12.8 Å². The fourth-order valence-corrected chi connectivity index (χ4v) is 4.48. The Balaban J connectivity index is 1.90. The quantitative estimate of drug-likeness (QED) is 0.177. The van der Waals surface area contributed by atoms with Crippen molar-refractivity contribution in [1.29, 1.82) is 0 Å². The van der Waals surface area contributed by atoms with Crippen LogP contribution in [0.1, 0.15) is 32.8 Å². The minimum Gasteiger partial charge on any atom is -0.379 e. The van der Waals surface area contributed by atoms with Crippen LogP contribution in [-0.4, -0.2) is 68.0 Å². The minimum atomic E-state index is -0.213. The molecule has 0 fully saturated rings. The lowest BCUT2D eigenvalue weighted by Crippen LogP contribution is -2.31. The summed E-state index contributed by atoms with van der Waals surface area (Å²) in [6.45, 7) is 10.9. The Kier molecular flexibility index (Phi) is 13.1. The summed E-state index contributed by atoms with van der Waals surface area (Å²) >= 11 is 1.63. The highest BCUT2D eigenvalue weighted by Crippen LogP contribution is 2.29. The smallest absolute Gasteiger partial charge is 0.136 e. The van der Waals surface area contributed by atoms with Crippen LogP contribution in [0.2, 0.25) is 0 Å². The van der Waals surface area contributed by atoms with Crippen molar-refractivity contribution in [2.45, 2.75) is 34.1 Å². The van der Waals surface area contributed by atoms with Gasteiger partial charge in [0.1, 0.15) is 16.6 Å². The highest BCUT2D eigenvalue weighted by Gasteiger charge is 2.26. The lowest BCUT2D eigenvalue weighted by Gasteiger charge is -2.17. The summed E-state index contributed by atoms with van der Waals surface area (Å²) in [7, 11) is 5.63. The molecular formula is C28H42FN7S. The molecule has 202 valence electrons. The summed E-state index contributed by atoms with van der Waals surface area (Å²) in [5, 5.41) is 12.2. The van der Waals surface area contributed by atoms with Gasteiger partial charge in [0.2, 0.25) is 0 Å². The second-order valence-electron chi connectivity index (χ2n) is 9.05. The van der Waals surface area contributed by atoms with E-state index < -0.39 is 0 Å². The van der Waals surface area contributed by atoms with Gasteiger partial charge in [-0.1, -0.05) is 36.9 Å². The number of halogens is 1. The normalized spacial score (nSPS) is 17.8. The number of rotatable bonds is 14. The zero-order valence-electron chi connectivity index (χ0n) is 23.2. The highest BCUT2D eigenvalue weighted by atomic mass is 32.2. The van der Waals surface area contributed by atoms with Crippen LogP contribution in [0.4, 0.5) is 10.1 Å². The van der Waals surface area contributed by atoms with E-state index in [1.54, 1.807) is 24.9 Å². The Morgan fingerprint density at radius 1 is 1.24 bits per heavy atom. The molecule has 0 aliphatic carbocycles. The minimum absolute atomic E-state index is 0.213. The van der Waals surface area contributed by atoms with Gasteiger partial charge >= 0.3 is 0 Å². The van der Waals surface area contributed by atoms with Gasteiger partial charge in [0.25, 0.3) is 0 Å². The van der Waals surface area contributed by atoms with Crippen LogP contribution in [0.5, 0.6) is 0 Å². The molecule has 1 heterocycles. The molecule has 2 rings (SSSR count). The summed E-state index contributed by atoms with van der Waals surface area (Å²) in [5.41, 5.74) is 4.19. The van der Waals surface area contributed by atoms with Crippen molar-refractivity contribution in [3.05, 3.63) is 65.5 Å². The summed E-state index contributed by atoms with van der Waals surface area (Å²) in [4.78, 5) is 16.1. The lowest BCUT2D eigenvalue weighted by molar-refractivity contribution is 0.449. The number of thioether (sulfide) groups is 1. The van der Waals surface area contributed by atoms with Gasteiger partial charge < -0.3 is 20.9 Å². The van der Waals surface area contributed by atoms with E-state index in [4.69, 9.17) is 9.98 Å². The topological polar surface area (TPSA) is 76.4 Å². The molecule has 7 nitrogen and oxygen atoms in total. The van der Waals surface area contributed by atoms with Gasteiger partial charge in [0.15, 0.2) is 0 Å². The average molecular weight is 528 g/mol. The van der Waals surface area contributed by atoms with Crippen LogP contribution in [-0.2, 0) is 0 Å². The zero-order valence-corrected chi connectivity index (χ0v) is 24.0. The van der Waals surface area contributed by atoms with E-state index in [1.165, 1.54) is 18.6 Å². The third-order valence-corrected chi connectivity index (χ3v) is 6.98. The van der Waals surface area contributed by atoms with Crippen LogP contribution < -0.4 is 16.0 Å². The van der Waals surface area contributed by atoms with E-state index in [0.29, 0.717) is 6.54 Å². The van der Waals surface area contributed by atoms with Crippen LogP contribution in [0.15, 0.2) is 74.9 Å². The van der Waals surface area contributed by atoms with Gasteiger partial charge in [0, 0.05) is 59.0 Å². The molecule has 1 aliphatic rings. The largest absolute Gasteiger partial charge is 0.379 e. The van der Waals surface area contributed by atoms with Crippen molar-refractivity contribution >= 4 is 33.2 Å². The van der Waals surface area contributed by atoms with Crippen molar-refractivity contribution in [2.75, 3.05) is 47.3 Å². The molecule has 0 spiro atoms. The summed E-state index contributed by atoms with van der Waals surface area (Å²) < 4.78 is 12.8. The molecule has 0 bridgehead atoms. The Morgan fingerprint density at radius 3 is 2.68 bits per heavy atom. The molecule has 0 saturated heterocycles. The fourth-order valence-electron chi connectivity index (χ4n) is 3.52. The number of hydrogen-bond donors (Lipinski definition) is 3. The van der Waals surface area contributed by atoms with Crippen molar-refractivity contribution in [3.63, 3.8) is 0 Å². The number of nitrogens with one attached hydrogen (secondary N) is 3. The average Bonchev–Trinajstić information content (AvgIpc) is 3.30. The molecule has 3 N–H and O–H groups in total. The molecule has 37 heavy (non-hydrogen) atoms. The van der Waals surface area contributed by atoms with E-state index in [0.717, 1.165) is 59.1 Å². The first-order valence-electron chi connectivity index (χ1n) is 12.7. The van der Waals surface area contributed by atoms with E-state index in [-0.39, 0.29) is 11.7 Å². The molecule has 1 aromatic rings. The second kappa shape index (κ2) is 16.0. The molecule has 1 atom stereocenters. The third kappa shape index (κ3) is 10.5. The molecule has 1 unspecified atom stereocenters. The van der Waals surface area contributed by atoms with Gasteiger partial charge in [-0.2, -0.15) is 0 Å². The number of para-hydroxylation sites is 1. The molecule has 0 radical (unpaired) electrons. The Hall–Kier alpha value is -2.91. The second-order valence-corrected chi connectivity index (χ2v) is 10.1. The standard InChI is InChI=1S/C28H42FN7S/c1-20-11-8-9-13-24(20)34-23(4)14-15-32-19-21(2)27-35-25(28(31-6)37-27)26(30-5)33-16-18-36(7)17-10-12-22(3)29/h8-13,17,21,30,32-33H,14-16,18-19H2,1-7H3/b17-10-,22-12+,26-25-,31-28+,34-23+. The number of hydrogen-bond acceptors (Lipinski definition) is 8. The van der Waals surface area contributed by atoms with Crippen LogP contribution in [0.3, 0.4) is 0 Å². The van der Waals surface area contributed by atoms with E-state index in [1.807, 2.05) is 37.3 Å². The Bertz CT molecular complexity index is 1070. The number of nitrogens with zero attached hydrogens (tertiary/aromatic N) is 4. The van der Waals surface area contributed by atoms with E-state index in [9.17, 15) is 4.39 Å². The molecule has 0 amide bonds. The highest BCUT2D eigenvalue weighted by molar-refractivity contribution is 8.27. The molecule has 1 aliphatic heterocycles. The first-order chi connectivity index (χ1) is 17.7. The SMILES string of the molecule is C/N=C1/SC(C(C)CNCC/C(C)=N/c2ccccc2C)=N/C1=C(/NC)NCCN(C)/C=C\C=C(/C)F. The summed E-state index contributed by atoms with van der Waals surface area (Å²) in [6.07, 6.45) is 5.89. The lowest BCUT2D eigenvalue weighted by atomic mass is 10.2. The predicted molar refractivity (Wildman–Crippen MR) is 160 cm³/mol. The van der Waals surface area contributed by atoms with Gasteiger partial charge in [-0.25, -0.2) is 9.38 Å². The summed E-state index contributed by atoms with van der Waals surface area (Å²) in [6, 6.07) is 8.20. The number of aryl methyl sites for hydroxylation is 1. The first kappa shape index (κ1) is 30.3. The number of benzene rings is 1. The third-order valence-electron chi connectivity index (χ3n) is 5.71. The van der Waals surface area contributed by atoms with E-state index >= 15 is 0 Å². The van der Waals surface area contributed by atoms with Crippen LogP contribution >= 0.6 is 11.8 Å². The van der Waals surface area contributed by atoms with Crippen LogP contribution in [0.25, 0.3) is 0 Å². The molecular weight excluding hydrogens is 485 g/mol. The predicted octanol–water partition coefficient (Wildman–Crippen LogP) is 5.17. The van der Waals surface area contributed by atoms with Gasteiger partial charge in [0.05, 0.1) is 16.6 Å². The molecule has 1 aromatic carbocycles. The monoisotopic (exact) mass is 527 g/mol. The Labute approximate surface area is 226 Å². The first-order valence-corrected chi connectivity index (χ1v) is 13.5. The molecule has 0 aromatic heterocycles. The maximum atomic E-state index is 12.8. The number of likely N-dealkylation sites (N-methyl/N-ethyl adjacent to an activating group) is 1. The van der Waals surface area contributed by atoms with Gasteiger partial charge in [-0.15, -0.1) is 0 Å². The van der Waals surface area contributed by atoms with E-state index in [2.05, 4.69) is 53.8 Å². The molecule has 9 heteroatoms. The van der Waals surface area contributed by atoms with Crippen molar-refractivity contribution < 1.29 is 4.39 Å². The zero-order chi connectivity index (χ0) is 27.2. The molecule has 0 saturated carbocycles.